The summed E-state index contributed by atoms with van der Waals surface area (Å²) in [6, 6.07) is 21.1. The van der Waals surface area contributed by atoms with E-state index < -0.39 is 17.5 Å². The Hall–Kier alpha value is -3.67. The molecule has 6 nitrogen and oxygen atoms in total. The second kappa shape index (κ2) is 7.23. The Morgan fingerprint density at radius 2 is 1.68 bits per heavy atom. The number of amides is 4. The van der Waals surface area contributed by atoms with Crippen molar-refractivity contribution in [1.82, 2.24) is 15.1 Å². The summed E-state index contributed by atoms with van der Waals surface area (Å²) in [6.07, 6.45) is 0.775. The number of benzene rings is 3. The van der Waals surface area contributed by atoms with E-state index in [9.17, 15) is 14.4 Å². The number of carbonyl (C=O) groups is 3. The largest absolute Gasteiger partial charge is 0.336 e. The van der Waals surface area contributed by atoms with Gasteiger partial charge in [0, 0.05) is 13.1 Å². The van der Waals surface area contributed by atoms with E-state index in [0.29, 0.717) is 18.7 Å². The van der Waals surface area contributed by atoms with Gasteiger partial charge in [-0.25, -0.2) is 4.79 Å². The molecule has 5 rings (SSSR count). The number of urea groups is 1. The van der Waals surface area contributed by atoms with Gasteiger partial charge in [0.1, 0.15) is 12.1 Å². The minimum atomic E-state index is -1.20. The maximum atomic E-state index is 13.3. The van der Waals surface area contributed by atoms with Gasteiger partial charge in [-0.15, -0.1) is 0 Å². The molecule has 0 aromatic heterocycles. The van der Waals surface area contributed by atoms with Crippen LogP contribution >= 0.6 is 0 Å². The molecule has 1 saturated heterocycles. The smallest absolute Gasteiger partial charge is 0.325 e. The van der Waals surface area contributed by atoms with Crippen LogP contribution in [0.2, 0.25) is 0 Å². The summed E-state index contributed by atoms with van der Waals surface area (Å²) < 4.78 is 0. The lowest BCUT2D eigenvalue weighted by Crippen LogP contribution is -2.45. The molecule has 0 bridgehead atoms. The normalized spacial score (nSPS) is 20.7. The predicted molar refractivity (Wildman–Crippen MR) is 117 cm³/mol. The first-order valence-corrected chi connectivity index (χ1v) is 10.4. The number of nitrogens with one attached hydrogen (secondary N) is 1. The van der Waals surface area contributed by atoms with Crippen LogP contribution < -0.4 is 5.32 Å². The van der Waals surface area contributed by atoms with E-state index in [4.69, 9.17) is 0 Å². The zero-order chi connectivity index (χ0) is 21.6. The van der Waals surface area contributed by atoms with Gasteiger partial charge in [-0.3, -0.25) is 14.5 Å². The van der Waals surface area contributed by atoms with Crippen LogP contribution in [-0.4, -0.2) is 40.7 Å². The number of carbonyl (C=O) groups excluding carboxylic acids is 3. The van der Waals surface area contributed by atoms with Crippen LogP contribution in [0.15, 0.2) is 66.7 Å². The fraction of sp³-hybridized carbons (Fsp3) is 0.240. The molecule has 6 heteroatoms. The topological polar surface area (TPSA) is 69.7 Å². The summed E-state index contributed by atoms with van der Waals surface area (Å²) in [5, 5.41) is 4.85. The lowest BCUT2D eigenvalue weighted by atomic mass is 9.90. The Labute approximate surface area is 180 Å². The third-order valence-corrected chi connectivity index (χ3v) is 6.38. The van der Waals surface area contributed by atoms with Crippen LogP contribution in [0.5, 0.6) is 0 Å². The van der Waals surface area contributed by atoms with Crippen molar-refractivity contribution in [3.8, 4) is 0 Å². The highest BCUT2D eigenvalue weighted by atomic mass is 16.2. The molecule has 0 saturated carbocycles. The number of hydrogen-bond donors (Lipinski definition) is 1. The van der Waals surface area contributed by atoms with Gasteiger partial charge in [-0.05, 0) is 46.9 Å². The molecule has 1 atom stereocenters. The summed E-state index contributed by atoms with van der Waals surface area (Å²) >= 11 is 0. The molecule has 31 heavy (non-hydrogen) atoms. The van der Waals surface area contributed by atoms with Crippen LogP contribution in [-0.2, 0) is 28.1 Å². The molecular weight excluding hydrogens is 390 g/mol. The van der Waals surface area contributed by atoms with Crippen molar-refractivity contribution in [2.75, 3.05) is 13.1 Å². The Bertz CT molecular complexity index is 1220. The van der Waals surface area contributed by atoms with Crippen LogP contribution in [0.1, 0.15) is 23.6 Å². The molecule has 1 fully saturated rings. The lowest BCUT2D eigenvalue weighted by Gasteiger charge is -2.30. The fourth-order valence-electron chi connectivity index (χ4n) is 4.48. The summed E-state index contributed by atoms with van der Waals surface area (Å²) in [7, 11) is 0. The van der Waals surface area contributed by atoms with Crippen molar-refractivity contribution in [2.45, 2.75) is 25.4 Å². The van der Waals surface area contributed by atoms with Crippen LogP contribution in [0.3, 0.4) is 0 Å². The molecule has 2 heterocycles. The van der Waals surface area contributed by atoms with E-state index in [1.54, 1.807) is 11.8 Å². The van der Waals surface area contributed by atoms with Gasteiger partial charge in [-0.2, -0.15) is 0 Å². The fourth-order valence-corrected chi connectivity index (χ4v) is 4.48. The molecule has 0 radical (unpaired) electrons. The van der Waals surface area contributed by atoms with Gasteiger partial charge < -0.3 is 10.2 Å². The van der Waals surface area contributed by atoms with Crippen molar-refractivity contribution in [3.63, 3.8) is 0 Å². The third-order valence-electron chi connectivity index (χ3n) is 6.38. The molecule has 1 N–H and O–H groups in total. The molecule has 2 aliphatic rings. The summed E-state index contributed by atoms with van der Waals surface area (Å²) in [4.78, 5) is 41.6. The van der Waals surface area contributed by atoms with Gasteiger partial charge in [0.25, 0.3) is 5.91 Å². The Morgan fingerprint density at radius 1 is 0.968 bits per heavy atom. The van der Waals surface area contributed by atoms with Crippen molar-refractivity contribution < 1.29 is 14.4 Å². The summed E-state index contributed by atoms with van der Waals surface area (Å²) in [5.74, 6) is -0.626. The lowest BCUT2D eigenvalue weighted by molar-refractivity contribution is -0.139. The quantitative estimate of drug-likeness (QED) is 0.671. The number of hydrogen-bond acceptors (Lipinski definition) is 3. The maximum Gasteiger partial charge on any atom is 0.325 e. The van der Waals surface area contributed by atoms with Crippen LogP contribution in [0.25, 0.3) is 10.8 Å². The van der Waals surface area contributed by atoms with Gasteiger partial charge in [0.15, 0.2) is 0 Å². The molecule has 0 spiro atoms. The highest BCUT2D eigenvalue weighted by Crippen LogP contribution is 2.31. The molecule has 1 unspecified atom stereocenters. The van der Waals surface area contributed by atoms with Crippen molar-refractivity contribution in [2.24, 2.45) is 0 Å². The SMILES string of the molecule is CC1(c2ccc3ccccc3c2)NC(=O)N(CC(=O)N2CCc3ccccc3C2)C1=O. The zero-order valence-electron chi connectivity index (χ0n) is 17.3. The minimum absolute atomic E-state index is 0.222. The van der Waals surface area contributed by atoms with E-state index in [-0.39, 0.29) is 12.5 Å². The van der Waals surface area contributed by atoms with Crippen LogP contribution in [0.4, 0.5) is 4.79 Å². The number of nitrogens with zero attached hydrogens (tertiary/aromatic N) is 2. The first kappa shape index (κ1) is 19.3. The molecule has 2 aliphatic heterocycles. The van der Waals surface area contributed by atoms with Gasteiger partial charge >= 0.3 is 6.03 Å². The molecule has 0 aliphatic carbocycles. The molecule has 3 aromatic carbocycles. The summed E-state index contributed by atoms with van der Waals surface area (Å²) in [5.41, 5.74) is 1.85. The maximum absolute atomic E-state index is 13.3. The predicted octanol–water partition coefficient (Wildman–Crippen LogP) is 3.19. The second-order valence-corrected chi connectivity index (χ2v) is 8.34. The molecule has 4 amide bonds. The van der Waals surface area contributed by atoms with E-state index in [2.05, 4.69) is 11.4 Å². The monoisotopic (exact) mass is 413 g/mol. The highest BCUT2D eigenvalue weighted by molar-refractivity contribution is 6.09. The average Bonchev–Trinajstić information content (AvgIpc) is 3.02. The average molecular weight is 413 g/mol. The van der Waals surface area contributed by atoms with Gasteiger partial charge in [0.05, 0.1) is 0 Å². The van der Waals surface area contributed by atoms with Crippen molar-refractivity contribution in [1.29, 1.82) is 0 Å². The van der Waals surface area contributed by atoms with Crippen LogP contribution in [0, 0.1) is 0 Å². The number of imide groups is 1. The minimum Gasteiger partial charge on any atom is -0.336 e. The summed E-state index contributed by atoms with van der Waals surface area (Å²) in [6.45, 7) is 2.52. The second-order valence-electron chi connectivity index (χ2n) is 8.34. The molecule has 3 aromatic rings. The van der Waals surface area contributed by atoms with E-state index >= 15 is 0 Å². The van der Waals surface area contributed by atoms with E-state index in [0.717, 1.165) is 27.7 Å². The standard InChI is InChI=1S/C25H23N3O3/c1-25(21-11-10-17-6-2-4-8-19(17)14-21)23(30)28(24(31)26-25)16-22(29)27-13-12-18-7-3-5-9-20(18)15-27/h2-11,14H,12-13,15-16H2,1H3,(H,26,31). The first-order chi connectivity index (χ1) is 15.0. The number of rotatable bonds is 3. The Morgan fingerprint density at radius 3 is 2.48 bits per heavy atom. The van der Waals surface area contributed by atoms with E-state index in [1.807, 2.05) is 60.7 Å². The van der Waals surface area contributed by atoms with E-state index in [1.165, 1.54) is 5.56 Å². The molecule has 156 valence electrons. The third kappa shape index (κ3) is 3.24. The molecular formula is C25H23N3O3. The van der Waals surface area contributed by atoms with Crippen molar-refractivity contribution >= 4 is 28.6 Å². The first-order valence-electron chi connectivity index (χ1n) is 10.4. The van der Waals surface area contributed by atoms with Gasteiger partial charge in [-0.1, -0.05) is 60.7 Å². The number of fused-ring (bicyclic) bond motifs is 2. The Balaban J connectivity index is 1.35. The van der Waals surface area contributed by atoms with Gasteiger partial charge in [0.2, 0.25) is 5.91 Å². The Kier molecular flexibility index (Phi) is 4.50. The zero-order valence-corrected chi connectivity index (χ0v) is 17.3. The van der Waals surface area contributed by atoms with Crippen molar-refractivity contribution in [3.05, 3.63) is 83.4 Å². The highest BCUT2D eigenvalue weighted by Gasteiger charge is 2.49.